The molecular formula is C19H18O3. The SMILES string of the molecule is O=C1OC(=O)[C@@]23CC4=C5C[C@H]6[C@@H](C4)[C@@H]4C[C@H]6C(=C4C2)C[C@@]13C5. The second kappa shape index (κ2) is 2.88. The Kier molecular flexibility index (Phi) is 1.47. The van der Waals surface area contributed by atoms with Gasteiger partial charge in [0.2, 0.25) is 0 Å². The van der Waals surface area contributed by atoms with E-state index in [9.17, 15) is 9.59 Å². The van der Waals surface area contributed by atoms with Crippen molar-refractivity contribution < 1.29 is 14.3 Å². The lowest BCUT2D eigenvalue weighted by atomic mass is 9.43. The third-order valence-corrected chi connectivity index (χ3v) is 8.76. The zero-order valence-corrected chi connectivity index (χ0v) is 12.5. The van der Waals surface area contributed by atoms with E-state index in [1.807, 2.05) is 0 Å². The highest BCUT2D eigenvalue weighted by atomic mass is 16.6. The second-order valence-electron chi connectivity index (χ2n) is 8.99. The molecule has 0 amide bonds. The molecule has 3 nitrogen and oxygen atoms in total. The first-order chi connectivity index (χ1) is 10.6. The van der Waals surface area contributed by atoms with Crippen LogP contribution in [0.15, 0.2) is 22.3 Å². The third-order valence-electron chi connectivity index (χ3n) is 8.76. The van der Waals surface area contributed by atoms with E-state index in [0.717, 1.165) is 49.4 Å². The number of ether oxygens (including phenoxy) is 1. The largest absolute Gasteiger partial charge is 0.392 e. The van der Waals surface area contributed by atoms with Gasteiger partial charge in [-0.3, -0.25) is 9.59 Å². The van der Waals surface area contributed by atoms with Crippen molar-refractivity contribution in [3.63, 3.8) is 0 Å². The second-order valence-corrected chi connectivity index (χ2v) is 8.99. The molecule has 1 saturated heterocycles. The minimum Gasteiger partial charge on any atom is -0.392 e. The first-order valence-corrected chi connectivity index (χ1v) is 8.81. The van der Waals surface area contributed by atoms with E-state index in [0.29, 0.717) is 0 Å². The summed E-state index contributed by atoms with van der Waals surface area (Å²) in [6, 6.07) is 0. The molecular weight excluding hydrogens is 276 g/mol. The molecule has 6 rings (SSSR count). The van der Waals surface area contributed by atoms with Crippen molar-refractivity contribution in [1.29, 1.82) is 0 Å². The van der Waals surface area contributed by atoms with E-state index in [1.165, 1.54) is 19.3 Å². The minimum absolute atomic E-state index is 0.195. The number of carbonyl (C=O) groups excluding carboxylic acids is 2. The van der Waals surface area contributed by atoms with Crippen LogP contribution in [0, 0.1) is 34.5 Å². The number of cyclic esters (lactones) is 2. The van der Waals surface area contributed by atoms with Crippen molar-refractivity contribution in [1.82, 2.24) is 0 Å². The Balaban J connectivity index is 1.62. The highest BCUT2D eigenvalue weighted by molar-refractivity contribution is 6.03. The van der Waals surface area contributed by atoms with Gasteiger partial charge in [-0.25, -0.2) is 0 Å². The summed E-state index contributed by atoms with van der Waals surface area (Å²) in [5, 5.41) is 0. The third kappa shape index (κ3) is 0.827. The maximum atomic E-state index is 12.8. The average molecular weight is 294 g/mol. The zero-order chi connectivity index (χ0) is 14.4. The number of allylic oxidation sites excluding steroid dienone is 4. The quantitative estimate of drug-likeness (QED) is 0.392. The molecule has 2 bridgehead atoms. The van der Waals surface area contributed by atoms with Gasteiger partial charge in [-0.1, -0.05) is 22.3 Å². The molecule has 6 aliphatic rings. The fraction of sp³-hybridized carbons (Fsp3) is 0.684. The van der Waals surface area contributed by atoms with Gasteiger partial charge in [0.05, 0.1) is 10.8 Å². The van der Waals surface area contributed by atoms with Crippen LogP contribution in [0.2, 0.25) is 0 Å². The molecule has 3 heteroatoms. The first kappa shape index (κ1) is 11.2. The highest BCUT2D eigenvalue weighted by Gasteiger charge is 2.75. The normalized spacial score (nSPS) is 55.5. The van der Waals surface area contributed by atoms with Gasteiger partial charge in [-0.15, -0.1) is 0 Å². The number of fused-ring (bicyclic) bond motifs is 7. The van der Waals surface area contributed by atoms with Crippen molar-refractivity contribution in [2.45, 2.75) is 44.9 Å². The van der Waals surface area contributed by atoms with Crippen molar-refractivity contribution in [3.05, 3.63) is 22.3 Å². The van der Waals surface area contributed by atoms with Crippen LogP contribution in [0.5, 0.6) is 0 Å². The van der Waals surface area contributed by atoms with Gasteiger partial charge in [0.15, 0.2) is 0 Å². The summed E-state index contributed by atoms with van der Waals surface area (Å²) in [6.07, 6.45) is 7.06. The van der Waals surface area contributed by atoms with Gasteiger partial charge in [0.25, 0.3) is 0 Å². The average Bonchev–Trinajstić information content (AvgIpc) is 3.06. The Morgan fingerprint density at radius 2 is 1.27 bits per heavy atom. The Bertz CT molecular complexity index is 725. The molecule has 0 aromatic rings. The lowest BCUT2D eigenvalue weighted by Crippen LogP contribution is -2.55. The van der Waals surface area contributed by atoms with E-state index in [-0.39, 0.29) is 11.9 Å². The Labute approximate surface area is 128 Å². The number of carbonyl (C=O) groups is 2. The zero-order valence-electron chi connectivity index (χ0n) is 12.5. The Morgan fingerprint density at radius 1 is 0.773 bits per heavy atom. The molecule has 0 N–H and O–H groups in total. The predicted molar refractivity (Wildman–Crippen MR) is 76.3 cm³/mol. The summed E-state index contributed by atoms with van der Waals surface area (Å²) in [5.74, 6) is 2.74. The molecule has 0 radical (unpaired) electrons. The molecule has 1 saturated carbocycles. The van der Waals surface area contributed by atoms with E-state index in [1.54, 1.807) is 22.3 Å². The minimum atomic E-state index is -0.524. The van der Waals surface area contributed by atoms with E-state index in [4.69, 9.17) is 4.74 Å². The molecule has 1 heterocycles. The summed E-state index contributed by atoms with van der Waals surface area (Å²) in [5.41, 5.74) is 5.22. The van der Waals surface area contributed by atoms with Gasteiger partial charge in [0.1, 0.15) is 0 Å². The first-order valence-electron chi connectivity index (χ1n) is 8.81. The summed E-state index contributed by atoms with van der Waals surface area (Å²) < 4.78 is 5.29. The Morgan fingerprint density at radius 3 is 1.77 bits per heavy atom. The van der Waals surface area contributed by atoms with Crippen molar-refractivity contribution in [2.75, 3.05) is 0 Å². The molecule has 22 heavy (non-hydrogen) atoms. The van der Waals surface area contributed by atoms with Crippen LogP contribution in [0.3, 0.4) is 0 Å². The highest BCUT2D eigenvalue weighted by Crippen LogP contribution is 2.76. The number of hydrogen-bond acceptors (Lipinski definition) is 3. The molecule has 5 aliphatic carbocycles. The van der Waals surface area contributed by atoms with Crippen molar-refractivity contribution >= 4 is 11.9 Å². The maximum Gasteiger partial charge on any atom is 0.321 e. The lowest BCUT2D eigenvalue weighted by molar-refractivity contribution is -0.155. The van der Waals surface area contributed by atoms with E-state index in [2.05, 4.69) is 0 Å². The number of rotatable bonds is 0. The predicted octanol–water partition coefficient (Wildman–Crippen LogP) is 2.91. The van der Waals surface area contributed by atoms with Gasteiger partial charge >= 0.3 is 11.9 Å². The molecule has 6 atom stereocenters. The molecule has 0 unspecified atom stereocenters. The molecule has 1 aliphatic heterocycles. The van der Waals surface area contributed by atoms with Gasteiger partial charge in [0, 0.05) is 0 Å². The van der Waals surface area contributed by atoms with Crippen LogP contribution < -0.4 is 0 Å². The smallest absolute Gasteiger partial charge is 0.321 e. The van der Waals surface area contributed by atoms with Crippen molar-refractivity contribution in [2.24, 2.45) is 34.5 Å². The summed E-state index contributed by atoms with van der Waals surface area (Å²) in [6.45, 7) is 0. The fourth-order valence-corrected chi connectivity index (χ4v) is 7.97. The van der Waals surface area contributed by atoms with Crippen LogP contribution >= 0.6 is 0 Å². The molecule has 0 aromatic carbocycles. The van der Waals surface area contributed by atoms with Crippen LogP contribution in [0.1, 0.15) is 44.9 Å². The van der Waals surface area contributed by atoms with Crippen molar-refractivity contribution in [3.8, 4) is 0 Å². The van der Waals surface area contributed by atoms with Gasteiger partial charge in [-0.2, -0.15) is 0 Å². The molecule has 2 fully saturated rings. The van der Waals surface area contributed by atoms with Crippen LogP contribution in [0.4, 0.5) is 0 Å². The van der Waals surface area contributed by atoms with Gasteiger partial charge < -0.3 is 4.74 Å². The summed E-state index contributed by atoms with van der Waals surface area (Å²) in [4.78, 5) is 25.5. The van der Waals surface area contributed by atoms with Gasteiger partial charge in [-0.05, 0) is 68.6 Å². The number of hydrogen-bond donors (Lipinski definition) is 0. The Hall–Kier alpha value is -1.38. The van der Waals surface area contributed by atoms with Crippen LogP contribution in [0.25, 0.3) is 0 Å². The van der Waals surface area contributed by atoms with E-state index >= 15 is 0 Å². The lowest BCUT2D eigenvalue weighted by Gasteiger charge is -2.57. The fourth-order valence-electron chi connectivity index (χ4n) is 7.97. The van der Waals surface area contributed by atoms with Crippen LogP contribution in [-0.2, 0) is 14.3 Å². The topological polar surface area (TPSA) is 43.4 Å². The van der Waals surface area contributed by atoms with Crippen LogP contribution in [-0.4, -0.2) is 11.9 Å². The summed E-state index contributed by atoms with van der Waals surface area (Å²) in [7, 11) is 0. The summed E-state index contributed by atoms with van der Waals surface area (Å²) >= 11 is 0. The maximum absolute atomic E-state index is 12.8. The standard InChI is InChI=1S/C19H18O3/c20-16-18-4-8-1-10-11-2-9(8)5-19(18,17(21)22-16)7-15-13(11)3-12(10)14(15)6-18/h10-13H,1-7H2/t10-,11+,12+,13-,18-,19+. The molecule has 112 valence electrons. The molecule has 0 aromatic heterocycles. The monoisotopic (exact) mass is 294 g/mol. The number of esters is 2. The van der Waals surface area contributed by atoms with E-state index < -0.39 is 10.8 Å². The molecule has 0 spiro atoms.